The Kier molecular flexibility index (Phi) is 4.34. The molecule has 1 unspecified atom stereocenters. The molecule has 0 radical (unpaired) electrons. The van der Waals surface area contributed by atoms with Gasteiger partial charge in [0.2, 0.25) is 5.91 Å². The number of nitrogens with one attached hydrogen (secondary N) is 2. The SMILES string of the molecule is CCC(NC(=O)Cc1cc(Cl)cc2c1OCC2)c1ncc[nH]1. The zero-order valence-electron chi connectivity index (χ0n) is 12.4. The molecule has 1 aromatic heterocycles. The van der Waals surface area contributed by atoms with Gasteiger partial charge in [-0.3, -0.25) is 4.79 Å². The Balaban J connectivity index is 1.72. The van der Waals surface area contributed by atoms with Gasteiger partial charge in [0, 0.05) is 29.4 Å². The van der Waals surface area contributed by atoms with E-state index in [2.05, 4.69) is 15.3 Å². The van der Waals surface area contributed by atoms with Crippen LogP contribution in [0.5, 0.6) is 5.75 Å². The van der Waals surface area contributed by atoms with Crippen LogP contribution in [0.3, 0.4) is 0 Å². The first-order chi connectivity index (χ1) is 10.7. The van der Waals surface area contributed by atoms with E-state index in [0.29, 0.717) is 11.6 Å². The van der Waals surface area contributed by atoms with Gasteiger partial charge in [0.1, 0.15) is 11.6 Å². The lowest BCUT2D eigenvalue weighted by Crippen LogP contribution is -2.30. The summed E-state index contributed by atoms with van der Waals surface area (Å²) in [6.45, 7) is 2.65. The van der Waals surface area contributed by atoms with Crippen molar-refractivity contribution in [2.75, 3.05) is 6.61 Å². The summed E-state index contributed by atoms with van der Waals surface area (Å²) in [4.78, 5) is 19.6. The Morgan fingerprint density at radius 2 is 2.41 bits per heavy atom. The van der Waals surface area contributed by atoms with Crippen molar-refractivity contribution >= 4 is 17.5 Å². The van der Waals surface area contributed by atoms with Gasteiger partial charge in [-0.05, 0) is 24.1 Å². The molecule has 116 valence electrons. The first-order valence-electron chi connectivity index (χ1n) is 7.40. The van der Waals surface area contributed by atoms with Crippen LogP contribution in [0.4, 0.5) is 0 Å². The van der Waals surface area contributed by atoms with E-state index in [9.17, 15) is 4.79 Å². The van der Waals surface area contributed by atoms with Crippen molar-refractivity contribution in [1.82, 2.24) is 15.3 Å². The predicted octanol–water partition coefficient (Wildman–Crippen LogP) is 2.81. The molecule has 1 aromatic carbocycles. The molecule has 0 spiro atoms. The van der Waals surface area contributed by atoms with Crippen LogP contribution in [0.15, 0.2) is 24.5 Å². The molecule has 0 bridgehead atoms. The fraction of sp³-hybridized carbons (Fsp3) is 0.375. The quantitative estimate of drug-likeness (QED) is 0.890. The summed E-state index contributed by atoms with van der Waals surface area (Å²) in [6, 6.07) is 3.60. The van der Waals surface area contributed by atoms with Gasteiger partial charge in [0.25, 0.3) is 0 Å². The second kappa shape index (κ2) is 6.40. The van der Waals surface area contributed by atoms with Gasteiger partial charge < -0.3 is 15.0 Å². The van der Waals surface area contributed by atoms with Crippen LogP contribution in [0, 0.1) is 0 Å². The highest BCUT2D eigenvalue weighted by Crippen LogP contribution is 2.33. The summed E-state index contributed by atoms with van der Waals surface area (Å²) in [7, 11) is 0. The number of carbonyl (C=O) groups excluding carboxylic acids is 1. The molecule has 1 amide bonds. The Labute approximate surface area is 134 Å². The lowest BCUT2D eigenvalue weighted by molar-refractivity contribution is -0.121. The number of hydrogen-bond donors (Lipinski definition) is 2. The number of fused-ring (bicyclic) bond motifs is 1. The van der Waals surface area contributed by atoms with E-state index in [1.807, 2.05) is 13.0 Å². The Hall–Kier alpha value is -2.01. The summed E-state index contributed by atoms with van der Waals surface area (Å²) in [5, 5.41) is 3.64. The first kappa shape index (κ1) is 14.9. The van der Waals surface area contributed by atoms with Gasteiger partial charge >= 0.3 is 0 Å². The first-order valence-corrected chi connectivity index (χ1v) is 7.78. The monoisotopic (exact) mass is 319 g/mol. The summed E-state index contributed by atoms with van der Waals surface area (Å²) in [5.74, 6) is 1.51. The van der Waals surface area contributed by atoms with Crippen LogP contribution >= 0.6 is 11.6 Å². The Morgan fingerprint density at radius 1 is 1.55 bits per heavy atom. The third kappa shape index (κ3) is 3.09. The van der Waals surface area contributed by atoms with Gasteiger partial charge in [-0.15, -0.1) is 0 Å². The molecular formula is C16H18ClN3O2. The maximum absolute atomic E-state index is 12.3. The van der Waals surface area contributed by atoms with Crippen LogP contribution in [0.25, 0.3) is 0 Å². The molecule has 2 aromatic rings. The van der Waals surface area contributed by atoms with Crippen molar-refractivity contribution in [3.8, 4) is 5.75 Å². The molecule has 1 atom stereocenters. The maximum atomic E-state index is 12.3. The number of H-pyrrole nitrogens is 1. The normalized spacial score (nSPS) is 14.3. The minimum absolute atomic E-state index is 0.0665. The number of ether oxygens (including phenoxy) is 1. The number of imidazole rings is 1. The van der Waals surface area contributed by atoms with Gasteiger partial charge in [0.05, 0.1) is 19.1 Å². The number of aromatic nitrogens is 2. The number of amides is 1. The number of rotatable bonds is 5. The van der Waals surface area contributed by atoms with Crippen molar-refractivity contribution < 1.29 is 9.53 Å². The number of hydrogen-bond acceptors (Lipinski definition) is 3. The van der Waals surface area contributed by atoms with E-state index >= 15 is 0 Å². The number of halogens is 1. The van der Waals surface area contributed by atoms with Crippen LogP contribution < -0.4 is 10.1 Å². The van der Waals surface area contributed by atoms with E-state index in [4.69, 9.17) is 16.3 Å². The summed E-state index contributed by atoms with van der Waals surface area (Å²) in [6.07, 6.45) is 5.29. The highest BCUT2D eigenvalue weighted by Gasteiger charge is 2.21. The number of benzene rings is 1. The summed E-state index contributed by atoms with van der Waals surface area (Å²) >= 11 is 6.12. The van der Waals surface area contributed by atoms with E-state index in [-0.39, 0.29) is 18.4 Å². The molecule has 2 N–H and O–H groups in total. The molecule has 22 heavy (non-hydrogen) atoms. The largest absolute Gasteiger partial charge is 0.493 e. The highest BCUT2D eigenvalue weighted by atomic mass is 35.5. The summed E-state index contributed by atoms with van der Waals surface area (Å²) < 4.78 is 5.63. The molecule has 0 fully saturated rings. The third-order valence-corrected chi connectivity index (χ3v) is 3.99. The van der Waals surface area contributed by atoms with Crippen molar-refractivity contribution in [3.63, 3.8) is 0 Å². The molecule has 1 aliphatic rings. The van der Waals surface area contributed by atoms with E-state index in [0.717, 1.165) is 35.5 Å². The number of carbonyl (C=O) groups is 1. The Bertz CT molecular complexity index is 670. The molecule has 5 nitrogen and oxygen atoms in total. The molecule has 0 aliphatic carbocycles. The van der Waals surface area contributed by atoms with E-state index in [1.165, 1.54) is 0 Å². The zero-order valence-corrected chi connectivity index (χ0v) is 13.1. The molecule has 3 rings (SSSR count). The topological polar surface area (TPSA) is 67.0 Å². The third-order valence-electron chi connectivity index (χ3n) is 3.77. The molecule has 6 heteroatoms. The minimum atomic E-state index is -0.115. The average molecular weight is 320 g/mol. The molecule has 2 heterocycles. The van der Waals surface area contributed by atoms with Crippen LogP contribution in [-0.4, -0.2) is 22.5 Å². The lowest BCUT2D eigenvalue weighted by atomic mass is 10.0. The van der Waals surface area contributed by atoms with Crippen LogP contribution in [-0.2, 0) is 17.6 Å². The standard InChI is InChI=1S/C16H18ClN3O2/c1-2-13(16-18-4-5-19-16)20-14(21)9-11-8-12(17)7-10-3-6-22-15(10)11/h4-5,7-8,13H,2-3,6,9H2,1H3,(H,18,19)(H,20,21). The second-order valence-corrected chi connectivity index (χ2v) is 5.77. The van der Waals surface area contributed by atoms with E-state index in [1.54, 1.807) is 18.5 Å². The molecule has 1 aliphatic heterocycles. The lowest BCUT2D eigenvalue weighted by Gasteiger charge is -2.15. The maximum Gasteiger partial charge on any atom is 0.225 e. The number of nitrogens with zero attached hydrogens (tertiary/aromatic N) is 1. The van der Waals surface area contributed by atoms with Crippen LogP contribution in [0.1, 0.15) is 36.3 Å². The Morgan fingerprint density at radius 3 is 3.14 bits per heavy atom. The van der Waals surface area contributed by atoms with Crippen molar-refractivity contribution in [1.29, 1.82) is 0 Å². The van der Waals surface area contributed by atoms with E-state index < -0.39 is 0 Å². The molecule has 0 saturated carbocycles. The van der Waals surface area contributed by atoms with Gasteiger partial charge in [0.15, 0.2) is 0 Å². The van der Waals surface area contributed by atoms with Crippen molar-refractivity contribution in [2.24, 2.45) is 0 Å². The second-order valence-electron chi connectivity index (χ2n) is 5.33. The van der Waals surface area contributed by atoms with Gasteiger partial charge in [-0.1, -0.05) is 18.5 Å². The van der Waals surface area contributed by atoms with Crippen molar-refractivity contribution in [3.05, 3.63) is 46.5 Å². The van der Waals surface area contributed by atoms with Crippen LogP contribution in [0.2, 0.25) is 5.02 Å². The number of aromatic amines is 1. The molecule has 0 saturated heterocycles. The highest BCUT2D eigenvalue weighted by molar-refractivity contribution is 6.30. The smallest absolute Gasteiger partial charge is 0.225 e. The predicted molar refractivity (Wildman–Crippen MR) is 84.1 cm³/mol. The fourth-order valence-electron chi connectivity index (χ4n) is 2.73. The zero-order chi connectivity index (χ0) is 15.5. The summed E-state index contributed by atoms with van der Waals surface area (Å²) in [5.41, 5.74) is 1.92. The minimum Gasteiger partial charge on any atom is -0.493 e. The van der Waals surface area contributed by atoms with Gasteiger partial charge in [-0.2, -0.15) is 0 Å². The fourth-order valence-corrected chi connectivity index (χ4v) is 2.99. The van der Waals surface area contributed by atoms with Crippen molar-refractivity contribution in [2.45, 2.75) is 32.2 Å². The average Bonchev–Trinajstić information content (AvgIpc) is 3.15. The molecular weight excluding hydrogens is 302 g/mol. The van der Waals surface area contributed by atoms with Gasteiger partial charge in [-0.25, -0.2) is 4.98 Å².